The maximum atomic E-state index is 14.0. The van der Waals surface area contributed by atoms with Crippen LogP contribution >= 0.6 is 0 Å². The van der Waals surface area contributed by atoms with Gasteiger partial charge in [-0.15, -0.1) is 0 Å². The number of para-hydroxylation sites is 1. The Hall–Kier alpha value is -3.14. The number of aryl methyl sites for hydroxylation is 2. The lowest BCUT2D eigenvalue weighted by Crippen LogP contribution is -2.56. The van der Waals surface area contributed by atoms with Crippen molar-refractivity contribution in [3.05, 3.63) is 64.7 Å². The number of hydrogen-bond donors (Lipinski definition) is 2. The standard InChI is InChI=1S/C37H56N6O3/c1-4-29-11-10-28(26-30(29)5-2)27-35(36(44)42-24-22-41(23-25-42)33-15-18-40(3)19-16-33)46-37(45)43-20-13-32(14-21-43)39-17-12-31-8-6-7-9-34(31)38/h6-11,26,32-33,35,39H,4-5,12-25,27,38H2,1-3H3/t35-/m1/s1. The molecule has 2 aromatic carbocycles. The van der Waals surface area contributed by atoms with E-state index >= 15 is 0 Å². The number of piperidine rings is 2. The Bertz CT molecular complexity index is 1280. The van der Waals surface area contributed by atoms with Crippen molar-refractivity contribution in [2.75, 3.05) is 71.7 Å². The van der Waals surface area contributed by atoms with Crippen LogP contribution < -0.4 is 11.1 Å². The molecule has 0 radical (unpaired) electrons. The summed E-state index contributed by atoms with van der Waals surface area (Å²) in [5.41, 5.74) is 11.8. The summed E-state index contributed by atoms with van der Waals surface area (Å²) in [5.74, 6) is -0.0641. The minimum absolute atomic E-state index is 0.0641. The van der Waals surface area contributed by atoms with Crippen molar-refractivity contribution >= 4 is 17.7 Å². The average Bonchev–Trinajstić information content (AvgIpc) is 3.09. The Morgan fingerprint density at radius 1 is 0.848 bits per heavy atom. The van der Waals surface area contributed by atoms with E-state index < -0.39 is 6.10 Å². The predicted molar refractivity (Wildman–Crippen MR) is 185 cm³/mol. The van der Waals surface area contributed by atoms with Crippen molar-refractivity contribution in [3.63, 3.8) is 0 Å². The first kappa shape index (κ1) is 34.2. The smallest absolute Gasteiger partial charge is 0.410 e. The van der Waals surface area contributed by atoms with Crippen molar-refractivity contribution in [3.8, 4) is 0 Å². The van der Waals surface area contributed by atoms with E-state index in [1.165, 1.54) is 24.0 Å². The number of benzene rings is 2. The Morgan fingerprint density at radius 3 is 2.22 bits per heavy atom. The van der Waals surface area contributed by atoms with Crippen LogP contribution in [0.25, 0.3) is 0 Å². The lowest BCUT2D eigenvalue weighted by atomic mass is 9.97. The molecule has 252 valence electrons. The van der Waals surface area contributed by atoms with Crippen LogP contribution in [-0.2, 0) is 35.2 Å². The summed E-state index contributed by atoms with van der Waals surface area (Å²) in [6.07, 6.45) is 6.08. The van der Waals surface area contributed by atoms with E-state index in [9.17, 15) is 9.59 Å². The summed E-state index contributed by atoms with van der Waals surface area (Å²) in [5, 5.41) is 3.64. The Labute approximate surface area is 276 Å². The number of hydrogen-bond acceptors (Lipinski definition) is 7. The van der Waals surface area contributed by atoms with Gasteiger partial charge in [-0.1, -0.05) is 50.2 Å². The third kappa shape index (κ3) is 9.02. The molecule has 3 fully saturated rings. The Balaban J connectivity index is 1.17. The van der Waals surface area contributed by atoms with Crippen molar-refractivity contribution < 1.29 is 14.3 Å². The lowest BCUT2D eigenvalue weighted by molar-refractivity contribution is -0.143. The third-order valence-electron chi connectivity index (χ3n) is 10.4. The van der Waals surface area contributed by atoms with Gasteiger partial charge in [0.05, 0.1) is 0 Å². The number of nitrogens with zero attached hydrogens (tertiary/aromatic N) is 4. The number of nitrogens with two attached hydrogens (primary N) is 1. The Morgan fingerprint density at radius 2 is 1.54 bits per heavy atom. The minimum Gasteiger partial charge on any atom is -0.436 e. The number of ether oxygens (including phenoxy) is 1. The summed E-state index contributed by atoms with van der Waals surface area (Å²) in [6, 6.07) is 15.4. The molecule has 2 aromatic rings. The zero-order valence-electron chi connectivity index (χ0n) is 28.4. The first-order chi connectivity index (χ1) is 22.3. The molecule has 0 aromatic heterocycles. The molecule has 0 aliphatic carbocycles. The van der Waals surface area contributed by atoms with Gasteiger partial charge in [-0.25, -0.2) is 4.79 Å². The van der Waals surface area contributed by atoms with E-state index in [1.807, 2.05) is 23.1 Å². The number of piperazine rings is 1. The van der Waals surface area contributed by atoms with Crippen LogP contribution in [0.1, 0.15) is 61.8 Å². The summed E-state index contributed by atoms with van der Waals surface area (Å²) in [4.78, 5) is 36.2. The Kier molecular flexibility index (Phi) is 12.4. The number of carbonyl (C=O) groups excluding carboxylic acids is 2. The van der Waals surface area contributed by atoms with Crippen LogP contribution in [0.15, 0.2) is 42.5 Å². The van der Waals surface area contributed by atoms with E-state index in [2.05, 4.69) is 60.3 Å². The van der Waals surface area contributed by atoms with E-state index in [-0.39, 0.29) is 12.0 Å². The van der Waals surface area contributed by atoms with Crippen LogP contribution in [0.3, 0.4) is 0 Å². The molecule has 3 aliphatic heterocycles. The van der Waals surface area contributed by atoms with Crippen molar-refractivity contribution in [2.24, 2.45) is 0 Å². The molecule has 1 atom stereocenters. The number of nitrogens with one attached hydrogen (secondary N) is 1. The van der Waals surface area contributed by atoms with Crippen LogP contribution in [-0.4, -0.2) is 116 Å². The van der Waals surface area contributed by atoms with Crippen LogP contribution in [0, 0.1) is 0 Å². The van der Waals surface area contributed by atoms with Crippen LogP contribution in [0.5, 0.6) is 0 Å². The molecule has 2 amide bonds. The molecule has 0 unspecified atom stereocenters. The molecule has 3 aliphatic rings. The second-order valence-electron chi connectivity index (χ2n) is 13.4. The number of rotatable bonds is 11. The SMILES string of the molecule is CCc1ccc(C[C@@H](OC(=O)N2CCC(NCCc3ccccc3N)CC2)C(=O)N2CCN(C3CCN(C)CC3)CC2)cc1CC. The van der Waals surface area contributed by atoms with E-state index in [0.29, 0.717) is 44.7 Å². The molecule has 0 saturated carbocycles. The number of carbonyl (C=O) groups is 2. The van der Waals surface area contributed by atoms with Gasteiger partial charge in [-0.05, 0) is 99.9 Å². The average molecular weight is 633 g/mol. The maximum Gasteiger partial charge on any atom is 0.410 e. The maximum absolute atomic E-state index is 14.0. The first-order valence-corrected chi connectivity index (χ1v) is 17.7. The van der Waals surface area contributed by atoms with E-state index in [4.69, 9.17) is 10.5 Å². The molecular weight excluding hydrogens is 576 g/mol. The summed E-state index contributed by atoms with van der Waals surface area (Å²) >= 11 is 0. The van der Waals surface area contributed by atoms with Gasteiger partial charge in [0.1, 0.15) is 0 Å². The molecule has 9 nitrogen and oxygen atoms in total. The molecule has 3 N–H and O–H groups in total. The van der Waals surface area contributed by atoms with Gasteiger partial charge in [0.2, 0.25) is 0 Å². The van der Waals surface area contributed by atoms with Gasteiger partial charge in [-0.3, -0.25) is 9.69 Å². The zero-order chi connectivity index (χ0) is 32.5. The summed E-state index contributed by atoms with van der Waals surface area (Å²) < 4.78 is 6.12. The van der Waals surface area contributed by atoms with Gasteiger partial charge >= 0.3 is 6.09 Å². The van der Waals surface area contributed by atoms with E-state index in [1.54, 1.807) is 4.90 Å². The van der Waals surface area contributed by atoms with E-state index in [0.717, 1.165) is 81.6 Å². The van der Waals surface area contributed by atoms with Crippen LogP contribution in [0.2, 0.25) is 0 Å². The predicted octanol–water partition coefficient (Wildman–Crippen LogP) is 3.98. The second-order valence-corrected chi connectivity index (χ2v) is 13.4. The normalized spacial score (nSPS) is 19.7. The molecule has 0 bridgehead atoms. The second kappa shape index (κ2) is 16.6. The summed E-state index contributed by atoms with van der Waals surface area (Å²) in [6.45, 7) is 11.8. The highest BCUT2D eigenvalue weighted by molar-refractivity contribution is 5.84. The third-order valence-corrected chi connectivity index (χ3v) is 10.4. The number of anilines is 1. The molecule has 9 heteroatoms. The van der Waals surface area contributed by atoms with Crippen molar-refractivity contribution in [2.45, 2.75) is 83.4 Å². The quantitative estimate of drug-likeness (QED) is 0.362. The zero-order valence-corrected chi connectivity index (χ0v) is 28.4. The number of nitrogen functional groups attached to an aromatic ring is 1. The minimum atomic E-state index is -0.827. The van der Waals surface area contributed by atoms with Crippen LogP contribution in [0.4, 0.5) is 10.5 Å². The molecule has 0 spiro atoms. The summed E-state index contributed by atoms with van der Waals surface area (Å²) in [7, 11) is 2.19. The molecular formula is C37H56N6O3. The number of amides is 2. The monoisotopic (exact) mass is 632 g/mol. The molecule has 3 heterocycles. The topological polar surface area (TPSA) is 94.4 Å². The highest BCUT2D eigenvalue weighted by atomic mass is 16.6. The molecule has 3 saturated heterocycles. The fourth-order valence-electron chi connectivity index (χ4n) is 7.38. The van der Waals surface area contributed by atoms with Gasteiger partial charge < -0.3 is 30.5 Å². The lowest BCUT2D eigenvalue weighted by Gasteiger charge is -2.42. The first-order valence-electron chi connectivity index (χ1n) is 17.7. The fourth-order valence-corrected chi connectivity index (χ4v) is 7.38. The van der Waals surface area contributed by atoms with Gasteiger partial charge in [-0.2, -0.15) is 0 Å². The molecule has 46 heavy (non-hydrogen) atoms. The fraction of sp³-hybridized carbons (Fsp3) is 0.622. The largest absolute Gasteiger partial charge is 0.436 e. The van der Waals surface area contributed by atoms with Crippen molar-refractivity contribution in [1.82, 2.24) is 24.9 Å². The molecule has 5 rings (SSSR count). The highest BCUT2D eigenvalue weighted by Crippen LogP contribution is 2.22. The van der Waals surface area contributed by atoms with Crippen molar-refractivity contribution in [1.29, 1.82) is 0 Å². The number of likely N-dealkylation sites (tertiary alicyclic amines) is 2. The highest BCUT2D eigenvalue weighted by Gasteiger charge is 2.34. The van der Waals surface area contributed by atoms with Gasteiger partial charge in [0.25, 0.3) is 5.91 Å². The van der Waals surface area contributed by atoms with Gasteiger partial charge in [0, 0.05) is 63.5 Å². The van der Waals surface area contributed by atoms with Gasteiger partial charge in [0.15, 0.2) is 6.10 Å².